The Labute approximate surface area is 160 Å². The Morgan fingerprint density at radius 2 is 1.54 bits per heavy atom. The first kappa shape index (κ1) is 17.0. The molecule has 1 N–H and O–H groups in total. The summed E-state index contributed by atoms with van der Waals surface area (Å²) in [6, 6.07) is 16.7. The van der Waals surface area contributed by atoms with Crippen LogP contribution in [-0.4, -0.2) is 20.2 Å². The molecule has 0 bridgehead atoms. The molecule has 0 saturated carbocycles. The summed E-state index contributed by atoms with van der Waals surface area (Å²) in [5.74, 6) is 1.55. The number of rotatable bonds is 5. The number of H-pyrrole nitrogens is 1. The Morgan fingerprint density at radius 1 is 0.885 bits per heavy atom. The van der Waals surface area contributed by atoms with Crippen LogP contribution in [0.15, 0.2) is 59.1 Å². The molecule has 0 amide bonds. The molecule has 4 aromatic rings. The Balaban J connectivity index is 1.42. The van der Waals surface area contributed by atoms with Crippen LogP contribution in [0.3, 0.4) is 0 Å². The molecule has 0 spiro atoms. The van der Waals surface area contributed by atoms with Crippen molar-refractivity contribution in [3.8, 4) is 22.0 Å². The van der Waals surface area contributed by atoms with Gasteiger partial charge in [-0.3, -0.25) is 5.10 Å². The minimum absolute atomic E-state index is 0.741. The Kier molecular flexibility index (Phi) is 4.86. The van der Waals surface area contributed by atoms with E-state index in [1.54, 1.807) is 23.1 Å². The number of thiazole rings is 1. The number of nitrogens with zero attached hydrogens (tertiary/aromatic N) is 3. The second-order valence-electron chi connectivity index (χ2n) is 6.13. The van der Waals surface area contributed by atoms with Gasteiger partial charge in [-0.2, -0.15) is 0 Å². The third-order valence-corrected chi connectivity index (χ3v) is 5.81. The summed E-state index contributed by atoms with van der Waals surface area (Å²) in [6.45, 7) is 4.17. The van der Waals surface area contributed by atoms with Gasteiger partial charge in [-0.05, 0) is 13.8 Å². The molecule has 0 aliphatic rings. The molecule has 6 heteroatoms. The fourth-order valence-corrected chi connectivity index (χ4v) is 4.11. The summed E-state index contributed by atoms with van der Waals surface area (Å²) in [7, 11) is 0. The third kappa shape index (κ3) is 3.86. The minimum atomic E-state index is 0.741. The average molecular weight is 379 g/mol. The van der Waals surface area contributed by atoms with Gasteiger partial charge in [0.15, 0.2) is 5.82 Å². The minimum Gasteiger partial charge on any atom is -0.258 e. The van der Waals surface area contributed by atoms with Crippen molar-refractivity contribution >= 4 is 23.1 Å². The summed E-state index contributed by atoms with van der Waals surface area (Å²) >= 11 is 3.27. The van der Waals surface area contributed by atoms with E-state index in [9.17, 15) is 0 Å². The number of hydrogen-bond donors (Lipinski definition) is 1. The first-order chi connectivity index (χ1) is 12.7. The second kappa shape index (κ2) is 7.43. The van der Waals surface area contributed by atoms with Gasteiger partial charge in [0, 0.05) is 22.3 Å². The Hall–Kier alpha value is -2.44. The van der Waals surface area contributed by atoms with E-state index in [0.717, 1.165) is 38.6 Å². The lowest BCUT2D eigenvalue weighted by molar-refractivity contribution is 0.972. The summed E-state index contributed by atoms with van der Waals surface area (Å²) in [5.41, 5.74) is 5.75. The molecule has 2 heterocycles. The van der Waals surface area contributed by atoms with Gasteiger partial charge >= 0.3 is 0 Å². The van der Waals surface area contributed by atoms with Crippen LogP contribution < -0.4 is 0 Å². The summed E-state index contributed by atoms with van der Waals surface area (Å²) in [6.07, 6.45) is 0. The monoisotopic (exact) mass is 378 g/mol. The van der Waals surface area contributed by atoms with Crippen molar-refractivity contribution in [2.75, 3.05) is 0 Å². The largest absolute Gasteiger partial charge is 0.258 e. The van der Waals surface area contributed by atoms with Crippen LogP contribution in [0, 0.1) is 13.8 Å². The lowest BCUT2D eigenvalue weighted by atomic mass is 10.1. The molecule has 0 unspecified atom stereocenters. The Morgan fingerprint density at radius 3 is 2.23 bits per heavy atom. The molecular formula is C20H18N4S2. The van der Waals surface area contributed by atoms with Crippen LogP contribution in [0.1, 0.15) is 16.8 Å². The summed E-state index contributed by atoms with van der Waals surface area (Å²) in [4.78, 5) is 9.30. The molecule has 0 saturated heterocycles. The normalized spacial score (nSPS) is 11.0. The zero-order valence-corrected chi connectivity index (χ0v) is 16.2. The second-order valence-corrected chi connectivity index (χ2v) is 7.93. The van der Waals surface area contributed by atoms with Crippen LogP contribution in [0.25, 0.3) is 22.0 Å². The van der Waals surface area contributed by atoms with E-state index in [4.69, 9.17) is 4.98 Å². The van der Waals surface area contributed by atoms with Crippen molar-refractivity contribution in [1.82, 2.24) is 20.2 Å². The molecule has 4 nitrogen and oxygen atoms in total. The van der Waals surface area contributed by atoms with E-state index in [2.05, 4.69) is 82.9 Å². The van der Waals surface area contributed by atoms with Gasteiger partial charge in [-0.25, -0.2) is 9.97 Å². The molecule has 130 valence electrons. The molecule has 0 fully saturated rings. The maximum absolute atomic E-state index is 4.73. The standard InChI is InChI=1S/C20H18N4S2/c1-13-3-7-15(8-4-13)18-22-20(24-23-18)26-12-17-11-25-19(21-17)16-9-5-14(2)6-10-16/h3-11H,12H2,1-2H3,(H,22,23,24). The maximum atomic E-state index is 4.73. The van der Waals surface area contributed by atoms with Crippen LogP contribution in [-0.2, 0) is 5.75 Å². The van der Waals surface area contributed by atoms with Gasteiger partial charge in [-0.1, -0.05) is 71.4 Å². The fraction of sp³-hybridized carbons (Fsp3) is 0.150. The topological polar surface area (TPSA) is 54.5 Å². The highest BCUT2D eigenvalue weighted by Crippen LogP contribution is 2.27. The van der Waals surface area contributed by atoms with Gasteiger partial charge < -0.3 is 0 Å². The van der Waals surface area contributed by atoms with Crippen LogP contribution in [0.4, 0.5) is 0 Å². The SMILES string of the molecule is Cc1ccc(-c2nc(SCc3csc(-c4ccc(C)cc4)n3)n[nH]2)cc1. The highest BCUT2D eigenvalue weighted by atomic mass is 32.2. The first-order valence-corrected chi connectivity index (χ1v) is 10.2. The number of benzene rings is 2. The van der Waals surface area contributed by atoms with Gasteiger partial charge in [0.1, 0.15) is 5.01 Å². The van der Waals surface area contributed by atoms with Crippen molar-refractivity contribution in [3.05, 3.63) is 70.7 Å². The van der Waals surface area contributed by atoms with E-state index in [0.29, 0.717) is 0 Å². The number of aromatic nitrogens is 4. The fourth-order valence-electron chi connectivity index (χ4n) is 2.49. The van der Waals surface area contributed by atoms with Crippen molar-refractivity contribution in [2.45, 2.75) is 24.8 Å². The van der Waals surface area contributed by atoms with E-state index < -0.39 is 0 Å². The Bertz CT molecular complexity index is 917. The number of aryl methyl sites for hydroxylation is 2. The molecule has 0 aliphatic carbocycles. The van der Waals surface area contributed by atoms with E-state index in [-0.39, 0.29) is 0 Å². The zero-order valence-electron chi connectivity index (χ0n) is 14.6. The summed E-state index contributed by atoms with van der Waals surface area (Å²) < 4.78 is 0. The van der Waals surface area contributed by atoms with E-state index in [1.165, 1.54) is 11.1 Å². The summed E-state index contributed by atoms with van der Waals surface area (Å²) in [5, 5.41) is 11.2. The van der Waals surface area contributed by atoms with Crippen LogP contribution >= 0.6 is 23.1 Å². The van der Waals surface area contributed by atoms with Crippen LogP contribution in [0.5, 0.6) is 0 Å². The number of hydrogen-bond acceptors (Lipinski definition) is 5. The third-order valence-electron chi connectivity index (χ3n) is 3.99. The molecular weight excluding hydrogens is 360 g/mol. The van der Waals surface area contributed by atoms with Gasteiger partial charge in [0.25, 0.3) is 0 Å². The lowest BCUT2D eigenvalue weighted by Crippen LogP contribution is -1.84. The van der Waals surface area contributed by atoms with Crippen molar-refractivity contribution < 1.29 is 0 Å². The highest BCUT2D eigenvalue weighted by Gasteiger charge is 2.09. The first-order valence-electron chi connectivity index (χ1n) is 8.31. The smallest absolute Gasteiger partial charge is 0.209 e. The predicted octanol–water partition coefficient (Wildman–Crippen LogP) is 5.50. The predicted molar refractivity (Wildman–Crippen MR) is 108 cm³/mol. The molecule has 0 radical (unpaired) electrons. The van der Waals surface area contributed by atoms with E-state index in [1.807, 2.05) is 0 Å². The molecule has 2 aromatic heterocycles. The molecule has 2 aromatic carbocycles. The average Bonchev–Trinajstić information content (AvgIpc) is 3.31. The molecule has 4 rings (SSSR count). The van der Waals surface area contributed by atoms with Crippen molar-refractivity contribution in [3.63, 3.8) is 0 Å². The zero-order chi connectivity index (χ0) is 17.9. The van der Waals surface area contributed by atoms with Gasteiger partial charge in [0.05, 0.1) is 5.69 Å². The van der Waals surface area contributed by atoms with Gasteiger partial charge in [-0.15, -0.1) is 16.4 Å². The molecule has 0 atom stereocenters. The van der Waals surface area contributed by atoms with Crippen molar-refractivity contribution in [1.29, 1.82) is 0 Å². The highest BCUT2D eigenvalue weighted by molar-refractivity contribution is 7.98. The lowest BCUT2D eigenvalue weighted by Gasteiger charge is -1.97. The quantitative estimate of drug-likeness (QED) is 0.466. The maximum Gasteiger partial charge on any atom is 0.209 e. The number of nitrogens with one attached hydrogen (secondary N) is 1. The van der Waals surface area contributed by atoms with Crippen molar-refractivity contribution in [2.24, 2.45) is 0 Å². The molecule has 26 heavy (non-hydrogen) atoms. The van der Waals surface area contributed by atoms with Gasteiger partial charge in [0.2, 0.25) is 5.16 Å². The number of aromatic amines is 1. The molecule has 0 aliphatic heterocycles. The van der Waals surface area contributed by atoms with Crippen LogP contribution in [0.2, 0.25) is 0 Å². The number of thioether (sulfide) groups is 1. The van der Waals surface area contributed by atoms with E-state index >= 15 is 0 Å².